The van der Waals surface area contributed by atoms with Crippen molar-refractivity contribution in [2.24, 2.45) is 0 Å². The standard InChI is InChI=1S/C29H32ClN3O2S/c1-2-3-17-33-27(35)25-26(21-12-6-5-11-20(21)18-29(25)15-9-4-10-16-29)32-28(33)36-19-24(34)31-23-14-8-7-13-22(23)30/h5-8,11-14H,2-4,9-10,15-19H2,1H3,(H,31,34). The van der Waals surface area contributed by atoms with Crippen LogP contribution in [0.1, 0.15) is 63.0 Å². The van der Waals surface area contributed by atoms with Crippen molar-refractivity contribution in [3.63, 3.8) is 0 Å². The molecule has 0 saturated heterocycles. The Kier molecular flexibility index (Phi) is 7.54. The van der Waals surface area contributed by atoms with Gasteiger partial charge in [-0.25, -0.2) is 4.98 Å². The molecule has 3 aromatic rings. The predicted octanol–water partition coefficient (Wildman–Crippen LogP) is 6.85. The van der Waals surface area contributed by atoms with E-state index < -0.39 is 0 Å². The van der Waals surface area contributed by atoms with Gasteiger partial charge in [-0.3, -0.25) is 14.2 Å². The molecule has 0 atom stereocenters. The maximum atomic E-state index is 14.2. The van der Waals surface area contributed by atoms with E-state index in [4.69, 9.17) is 16.6 Å². The highest BCUT2D eigenvalue weighted by atomic mass is 35.5. The number of nitrogens with one attached hydrogen (secondary N) is 1. The summed E-state index contributed by atoms with van der Waals surface area (Å²) in [5, 5.41) is 3.99. The van der Waals surface area contributed by atoms with Crippen molar-refractivity contribution >= 4 is 35.0 Å². The molecule has 2 aliphatic rings. The van der Waals surface area contributed by atoms with Gasteiger partial charge in [-0.05, 0) is 43.4 Å². The van der Waals surface area contributed by atoms with Gasteiger partial charge in [-0.15, -0.1) is 0 Å². The average Bonchev–Trinajstić information content (AvgIpc) is 2.88. The number of para-hydroxylation sites is 1. The zero-order chi connectivity index (χ0) is 25.1. The van der Waals surface area contributed by atoms with Crippen LogP contribution in [0.2, 0.25) is 5.02 Å². The molecule has 1 fully saturated rings. The fourth-order valence-corrected chi connectivity index (χ4v) is 6.73. The fraction of sp³-hybridized carbons (Fsp3) is 0.414. The van der Waals surface area contributed by atoms with Gasteiger partial charge in [-0.1, -0.05) is 92.4 Å². The first-order chi connectivity index (χ1) is 17.5. The molecule has 2 aromatic carbocycles. The molecule has 1 heterocycles. The minimum atomic E-state index is -0.175. The molecule has 36 heavy (non-hydrogen) atoms. The van der Waals surface area contributed by atoms with Gasteiger partial charge in [0.1, 0.15) is 0 Å². The van der Waals surface area contributed by atoms with Gasteiger partial charge in [0.05, 0.1) is 27.7 Å². The quantitative estimate of drug-likeness (QED) is 0.272. The number of unbranched alkanes of at least 4 members (excludes halogenated alkanes) is 1. The summed E-state index contributed by atoms with van der Waals surface area (Å²) in [6.07, 6.45) is 8.37. The summed E-state index contributed by atoms with van der Waals surface area (Å²) in [5.74, 6) is -0.0266. The van der Waals surface area contributed by atoms with E-state index in [0.717, 1.165) is 61.8 Å². The number of fused-ring (bicyclic) bond motifs is 4. The molecule has 0 aliphatic heterocycles. The van der Waals surface area contributed by atoms with Crippen molar-refractivity contribution in [1.82, 2.24) is 9.55 Å². The van der Waals surface area contributed by atoms with Gasteiger partial charge in [-0.2, -0.15) is 0 Å². The predicted molar refractivity (Wildman–Crippen MR) is 148 cm³/mol. The third-order valence-corrected chi connectivity index (χ3v) is 8.80. The summed E-state index contributed by atoms with van der Waals surface area (Å²) in [6, 6.07) is 15.6. The van der Waals surface area contributed by atoms with Gasteiger partial charge in [0.2, 0.25) is 5.91 Å². The maximum Gasteiger partial charge on any atom is 0.258 e. The third kappa shape index (κ3) is 4.85. The highest BCUT2D eigenvalue weighted by molar-refractivity contribution is 7.99. The topological polar surface area (TPSA) is 64.0 Å². The van der Waals surface area contributed by atoms with Crippen molar-refractivity contribution in [3.8, 4) is 11.3 Å². The Hall–Kier alpha value is -2.57. The first-order valence-corrected chi connectivity index (χ1v) is 14.3. The Morgan fingerprint density at radius 3 is 2.64 bits per heavy atom. The van der Waals surface area contributed by atoms with E-state index in [2.05, 4.69) is 30.4 Å². The number of carbonyl (C=O) groups is 1. The summed E-state index contributed by atoms with van der Waals surface area (Å²) in [4.78, 5) is 32.1. The van der Waals surface area contributed by atoms with Crippen LogP contribution in [-0.2, 0) is 23.2 Å². The fourth-order valence-electron chi connectivity index (χ4n) is 5.72. The molecule has 0 unspecified atom stereocenters. The minimum absolute atomic E-state index is 0.0823. The Bertz CT molecular complexity index is 1330. The van der Waals surface area contributed by atoms with Crippen molar-refractivity contribution in [2.75, 3.05) is 11.1 Å². The lowest BCUT2D eigenvalue weighted by Gasteiger charge is -2.42. The van der Waals surface area contributed by atoms with Crippen LogP contribution in [0, 0.1) is 0 Å². The Labute approximate surface area is 221 Å². The number of amides is 1. The van der Waals surface area contributed by atoms with E-state index in [9.17, 15) is 9.59 Å². The lowest BCUT2D eigenvalue weighted by molar-refractivity contribution is -0.113. The first-order valence-electron chi connectivity index (χ1n) is 12.9. The number of halogens is 1. The summed E-state index contributed by atoms with van der Waals surface area (Å²) < 4.78 is 1.83. The number of aromatic nitrogens is 2. The van der Waals surface area contributed by atoms with Crippen molar-refractivity contribution in [1.29, 1.82) is 0 Å². The monoisotopic (exact) mass is 521 g/mol. The van der Waals surface area contributed by atoms with Crippen molar-refractivity contribution < 1.29 is 4.79 Å². The number of carbonyl (C=O) groups excluding carboxylic acids is 1. The number of nitrogens with zero attached hydrogens (tertiary/aromatic N) is 2. The van der Waals surface area contributed by atoms with Crippen LogP contribution in [0.4, 0.5) is 5.69 Å². The van der Waals surface area contributed by atoms with Crippen LogP contribution in [0.25, 0.3) is 11.3 Å². The number of rotatable bonds is 7. The summed E-state index contributed by atoms with van der Waals surface area (Å²) >= 11 is 7.53. The molecule has 1 aromatic heterocycles. The molecule has 2 aliphatic carbocycles. The number of thioether (sulfide) groups is 1. The highest BCUT2D eigenvalue weighted by Crippen LogP contribution is 2.48. The van der Waals surface area contributed by atoms with E-state index in [1.165, 1.54) is 23.7 Å². The van der Waals surface area contributed by atoms with Crippen molar-refractivity contribution in [3.05, 3.63) is 75.0 Å². The molecule has 7 heteroatoms. The largest absolute Gasteiger partial charge is 0.324 e. The molecular formula is C29H32ClN3O2S. The average molecular weight is 522 g/mol. The molecule has 1 spiro atoms. The van der Waals surface area contributed by atoms with E-state index in [1.807, 2.05) is 22.8 Å². The van der Waals surface area contributed by atoms with Gasteiger partial charge < -0.3 is 5.32 Å². The number of benzene rings is 2. The molecule has 5 nitrogen and oxygen atoms in total. The van der Waals surface area contributed by atoms with Crippen LogP contribution < -0.4 is 10.9 Å². The Morgan fingerprint density at radius 1 is 1.11 bits per heavy atom. The van der Waals surface area contributed by atoms with Gasteiger partial charge >= 0.3 is 0 Å². The normalized spacial score (nSPS) is 15.8. The van der Waals surface area contributed by atoms with E-state index in [0.29, 0.717) is 22.4 Å². The molecule has 0 bridgehead atoms. The van der Waals surface area contributed by atoms with Crippen LogP contribution in [0.5, 0.6) is 0 Å². The second-order valence-electron chi connectivity index (χ2n) is 9.92. The Balaban J connectivity index is 1.54. The lowest BCUT2D eigenvalue weighted by atomic mass is 9.62. The first kappa shape index (κ1) is 25.1. The highest BCUT2D eigenvalue weighted by Gasteiger charge is 2.43. The van der Waals surface area contributed by atoms with Crippen LogP contribution >= 0.6 is 23.4 Å². The van der Waals surface area contributed by atoms with E-state index in [-0.39, 0.29) is 22.6 Å². The molecule has 5 rings (SSSR count). The van der Waals surface area contributed by atoms with Gasteiger partial charge in [0.25, 0.3) is 5.56 Å². The van der Waals surface area contributed by atoms with Crippen LogP contribution in [-0.4, -0.2) is 21.2 Å². The summed E-state index contributed by atoms with van der Waals surface area (Å²) in [5.41, 5.74) is 4.60. The zero-order valence-corrected chi connectivity index (χ0v) is 22.3. The van der Waals surface area contributed by atoms with Crippen LogP contribution in [0.3, 0.4) is 0 Å². The number of hydrogen-bond acceptors (Lipinski definition) is 4. The van der Waals surface area contributed by atoms with E-state index >= 15 is 0 Å². The molecular weight excluding hydrogens is 490 g/mol. The molecule has 1 amide bonds. The molecule has 188 valence electrons. The van der Waals surface area contributed by atoms with Gasteiger partial charge in [0, 0.05) is 17.5 Å². The SMILES string of the molecule is CCCCn1c(SCC(=O)Nc2ccccc2Cl)nc2c(c1=O)C1(CCCCC1)Cc1ccccc1-2. The summed E-state index contributed by atoms with van der Waals surface area (Å²) in [7, 11) is 0. The van der Waals surface area contributed by atoms with E-state index in [1.54, 1.807) is 12.1 Å². The van der Waals surface area contributed by atoms with Gasteiger partial charge in [0.15, 0.2) is 5.16 Å². The molecule has 1 N–H and O–H groups in total. The smallest absolute Gasteiger partial charge is 0.258 e. The number of hydrogen-bond donors (Lipinski definition) is 1. The van der Waals surface area contributed by atoms with Crippen molar-refractivity contribution in [2.45, 2.75) is 75.4 Å². The second-order valence-corrected chi connectivity index (χ2v) is 11.3. The lowest BCUT2D eigenvalue weighted by Crippen LogP contribution is -2.43. The number of anilines is 1. The Morgan fingerprint density at radius 2 is 1.86 bits per heavy atom. The summed E-state index contributed by atoms with van der Waals surface area (Å²) in [6.45, 7) is 2.74. The minimum Gasteiger partial charge on any atom is -0.324 e. The third-order valence-electron chi connectivity index (χ3n) is 7.49. The zero-order valence-electron chi connectivity index (χ0n) is 20.7. The maximum absolute atomic E-state index is 14.2. The molecule has 1 saturated carbocycles. The second kappa shape index (κ2) is 10.8. The molecule has 0 radical (unpaired) electrons. The van der Waals surface area contributed by atoms with Crippen LogP contribution in [0.15, 0.2) is 58.5 Å².